The molecular formula is C10H14N2O3. The number of amides is 1. The van der Waals surface area contributed by atoms with E-state index in [1.807, 2.05) is 0 Å². The Labute approximate surface area is 87.5 Å². The Balaban J connectivity index is 2.53. The van der Waals surface area contributed by atoms with E-state index in [0.717, 1.165) is 5.69 Å². The van der Waals surface area contributed by atoms with E-state index < -0.39 is 12.0 Å². The quantitative estimate of drug-likeness (QED) is 0.529. The summed E-state index contributed by atoms with van der Waals surface area (Å²) in [6, 6.07) is 6.56. The van der Waals surface area contributed by atoms with Gasteiger partial charge in [-0.15, -0.1) is 0 Å². The lowest BCUT2D eigenvalue weighted by molar-refractivity contribution is 0.1000. The van der Waals surface area contributed by atoms with Crippen molar-refractivity contribution < 1.29 is 15.0 Å². The third-order valence-electron chi connectivity index (χ3n) is 1.92. The second kappa shape index (κ2) is 5.33. The Morgan fingerprint density at radius 1 is 1.40 bits per heavy atom. The molecule has 5 nitrogen and oxygen atoms in total. The predicted octanol–water partition coefficient (Wildman–Crippen LogP) is -0.449. The molecule has 1 aromatic carbocycles. The van der Waals surface area contributed by atoms with Crippen LogP contribution in [0.2, 0.25) is 0 Å². The Bertz CT molecular complexity index is 324. The standard InChI is InChI=1S/C10H14N2O3/c11-10(15)7-1-3-8(4-2-7)12-5-9(14)6-13/h1-4,9,12-14H,5-6H2,(H2,11,15)/t9-/m0/s1. The van der Waals surface area contributed by atoms with E-state index in [9.17, 15) is 4.79 Å². The minimum absolute atomic E-state index is 0.256. The van der Waals surface area contributed by atoms with E-state index in [0.29, 0.717) is 5.56 Å². The number of hydrogen-bond acceptors (Lipinski definition) is 4. The molecule has 1 atom stereocenters. The Morgan fingerprint density at radius 3 is 2.47 bits per heavy atom. The highest BCUT2D eigenvalue weighted by Crippen LogP contribution is 2.08. The first-order valence-corrected chi connectivity index (χ1v) is 4.56. The van der Waals surface area contributed by atoms with E-state index in [2.05, 4.69) is 5.32 Å². The molecule has 0 aliphatic rings. The zero-order valence-corrected chi connectivity index (χ0v) is 8.18. The molecule has 0 bridgehead atoms. The number of primary amides is 1. The van der Waals surface area contributed by atoms with Gasteiger partial charge in [0.05, 0.1) is 12.7 Å². The van der Waals surface area contributed by atoms with Crippen LogP contribution in [0.5, 0.6) is 0 Å². The van der Waals surface area contributed by atoms with Gasteiger partial charge in [0, 0.05) is 17.8 Å². The second-order valence-corrected chi connectivity index (χ2v) is 3.16. The number of aliphatic hydroxyl groups excluding tert-OH is 2. The minimum atomic E-state index is -0.791. The van der Waals surface area contributed by atoms with Crippen molar-refractivity contribution in [2.75, 3.05) is 18.5 Å². The number of aliphatic hydroxyl groups is 2. The van der Waals surface area contributed by atoms with Crippen molar-refractivity contribution in [2.45, 2.75) is 6.10 Å². The number of nitrogens with one attached hydrogen (secondary N) is 1. The summed E-state index contributed by atoms with van der Waals surface area (Å²) in [6.45, 7) is -0.0290. The van der Waals surface area contributed by atoms with Gasteiger partial charge in [0.15, 0.2) is 0 Å². The molecule has 0 aliphatic heterocycles. The number of carbonyl (C=O) groups excluding carboxylic acids is 1. The lowest BCUT2D eigenvalue weighted by atomic mass is 10.2. The van der Waals surface area contributed by atoms with Crippen molar-refractivity contribution in [2.24, 2.45) is 5.73 Å². The summed E-state index contributed by atoms with van der Waals surface area (Å²) < 4.78 is 0. The first-order chi connectivity index (χ1) is 7.13. The number of carbonyl (C=O) groups is 1. The number of benzene rings is 1. The lowest BCUT2D eigenvalue weighted by Gasteiger charge is -2.10. The molecule has 0 spiro atoms. The SMILES string of the molecule is NC(=O)c1ccc(NC[C@H](O)CO)cc1. The molecule has 0 unspecified atom stereocenters. The van der Waals surface area contributed by atoms with Gasteiger partial charge in [-0.2, -0.15) is 0 Å². The van der Waals surface area contributed by atoms with Crippen LogP contribution in [0.25, 0.3) is 0 Å². The Kier molecular flexibility index (Phi) is 4.08. The van der Waals surface area contributed by atoms with Crippen molar-refractivity contribution in [1.29, 1.82) is 0 Å². The first kappa shape index (κ1) is 11.5. The van der Waals surface area contributed by atoms with Gasteiger partial charge < -0.3 is 21.3 Å². The lowest BCUT2D eigenvalue weighted by Crippen LogP contribution is -2.22. The maximum absolute atomic E-state index is 10.8. The van der Waals surface area contributed by atoms with Crippen molar-refractivity contribution >= 4 is 11.6 Å². The molecule has 5 N–H and O–H groups in total. The molecule has 0 fully saturated rings. The van der Waals surface area contributed by atoms with Gasteiger partial charge >= 0.3 is 0 Å². The smallest absolute Gasteiger partial charge is 0.248 e. The maximum Gasteiger partial charge on any atom is 0.248 e. The third kappa shape index (κ3) is 3.57. The minimum Gasteiger partial charge on any atom is -0.394 e. The molecule has 1 amide bonds. The number of anilines is 1. The van der Waals surface area contributed by atoms with Crippen LogP contribution in [-0.2, 0) is 0 Å². The van der Waals surface area contributed by atoms with Gasteiger partial charge in [0.1, 0.15) is 0 Å². The van der Waals surface area contributed by atoms with E-state index in [1.165, 1.54) is 0 Å². The summed E-state index contributed by atoms with van der Waals surface area (Å²) >= 11 is 0. The number of nitrogens with two attached hydrogens (primary N) is 1. The van der Waals surface area contributed by atoms with Crippen LogP contribution < -0.4 is 11.1 Å². The molecule has 1 rings (SSSR count). The highest BCUT2D eigenvalue weighted by molar-refractivity contribution is 5.93. The fourth-order valence-corrected chi connectivity index (χ4v) is 1.05. The van der Waals surface area contributed by atoms with Crippen molar-refractivity contribution in [3.8, 4) is 0 Å². The largest absolute Gasteiger partial charge is 0.394 e. The van der Waals surface area contributed by atoms with Gasteiger partial charge in [-0.25, -0.2) is 0 Å². The molecule has 82 valence electrons. The van der Waals surface area contributed by atoms with Crippen LogP contribution in [-0.4, -0.2) is 35.4 Å². The molecule has 0 saturated carbocycles. The molecule has 5 heteroatoms. The first-order valence-electron chi connectivity index (χ1n) is 4.56. The van der Waals surface area contributed by atoms with Crippen LogP contribution in [0.15, 0.2) is 24.3 Å². The predicted molar refractivity (Wildman–Crippen MR) is 56.5 cm³/mol. The average molecular weight is 210 g/mol. The zero-order chi connectivity index (χ0) is 11.3. The van der Waals surface area contributed by atoms with Gasteiger partial charge in [0.25, 0.3) is 0 Å². The number of rotatable bonds is 5. The molecule has 1 aromatic rings. The van der Waals surface area contributed by atoms with Crippen molar-refractivity contribution in [3.05, 3.63) is 29.8 Å². The molecule has 0 aliphatic carbocycles. The fourth-order valence-electron chi connectivity index (χ4n) is 1.05. The number of hydrogen-bond donors (Lipinski definition) is 4. The summed E-state index contributed by atoms with van der Waals surface area (Å²) in [7, 11) is 0. The van der Waals surface area contributed by atoms with Gasteiger partial charge in [-0.1, -0.05) is 0 Å². The summed E-state index contributed by atoms with van der Waals surface area (Å²) in [6.07, 6.45) is -0.791. The fraction of sp³-hybridized carbons (Fsp3) is 0.300. The summed E-state index contributed by atoms with van der Waals surface area (Å²) in [5, 5.41) is 20.6. The molecule has 0 saturated heterocycles. The van der Waals surface area contributed by atoms with Crippen LogP contribution in [0.4, 0.5) is 5.69 Å². The van der Waals surface area contributed by atoms with Crippen LogP contribution in [0, 0.1) is 0 Å². The van der Waals surface area contributed by atoms with E-state index in [1.54, 1.807) is 24.3 Å². The molecule has 0 radical (unpaired) electrons. The Morgan fingerprint density at radius 2 is 2.00 bits per heavy atom. The average Bonchev–Trinajstić information content (AvgIpc) is 2.26. The van der Waals surface area contributed by atoms with Crippen molar-refractivity contribution in [1.82, 2.24) is 0 Å². The highest BCUT2D eigenvalue weighted by atomic mass is 16.3. The normalized spacial score (nSPS) is 12.1. The van der Waals surface area contributed by atoms with Gasteiger partial charge in [0.2, 0.25) is 5.91 Å². The topological polar surface area (TPSA) is 95.6 Å². The molecule has 0 heterocycles. The summed E-state index contributed by atoms with van der Waals surface area (Å²) in [5.74, 6) is -0.475. The van der Waals surface area contributed by atoms with Crippen LogP contribution >= 0.6 is 0 Å². The summed E-state index contributed by atoms with van der Waals surface area (Å²) in [4.78, 5) is 10.8. The Hall–Kier alpha value is -1.59. The molecule has 15 heavy (non-hydrogen) atoms. The zero-order valence-electron chi connectivity index (χ0n) is 8.18. The van der Waals surface area contributed by atoms with Crippen LogP contribution in [0.3, 0.4) is 0 Å². The van der Waals surface area contributed by atoms with Gasteiger partial charge in [-0.05, 0) is 24.3 Å². The maximum atomic E-state index is 10.8. The second-order valence-electron chi connectivity index (χ2n) is 3.16. The summed E-state index contributed by atoms with van der Waals surface area (Å²) in [5.41, 5.74) is 6.27. The van der Waals surface area contributed by atoms with Crippen molar-refractivity contribution in [3.63, 3.8) is 0 Å². The highest BCUT2D eigenvalue weighted by Gasteiger charge is 2.02. The molecular weight excluding hydrogens is 196 g/mol. The molecule has 0 aromatic heterocycles. The van der Waals surface area contributed by atoms with E-state index in [-0.39, 0.29) is 13.2 Å². The van der Waals surface area contributed by atoms with E-state index >= 15 is 0 Å². The monoisotopic (exact) mass is 210 g/mol. The third-order valence-corrected chi connectivity index (χ3v) is 1.92. The van der Waals surface area contributed by atoms with E-state index in [4.69, 9.17) is 15.9 Å². The van der Waals surface area contributed by atoms with Gasteiger partial charge in [-0.3, -0.25) is 4.79 Å². The van der Waals surface area contributed by atoms with Crippen LogP contribution in [0.1, 0.15) is 10.4 Å².